The van der Waals surface area contributed by atoms with Crippen LogP contribution in [0.3, 0.4) is 0 Å². The van der Waals surface area contributed by atoms with Gasteiger partial charge in [0, 0.05) is 31.9 Å². The molecule has 0 unspecified atom stereocenters. The van der Waals surface area contributed by atoms with E-state index < -0.39 is 10.0 Å². The lowest BCUT2D eigenvalue weighted by Crippen LogP contribution is -2.33. The van der Waals surface area contributed by atoms with Crippen LogP contribution in [0.5, 0.6) is 0 Å². The quantitative estimate of drug-likeness (QED) is 0.642. The third-order valence-electron chi connectivity index (χ3n) is 4.82. The molecule has 1 N–H and O–H groups in total. The monoisotopic (exact) mass is 413 g/mol. The van der Waals surface area contributed by atoms with Crippen LogP contribution >= 0.6 is 0 Å². The predicted molar refractivity (Wildman–Crippen MR) is 115 cm³/mol. The van der Waals surface area contributed by atoms with Crippen LogP contribution in [0.2, 0.25) is 0 Å². The Morgan fingerprint density at radius 3 is 2.52 bits per heavy atom. The lowest BCUT2D eigenvalue weighted by molar-refractivity contribution is -0.117. The number of nitrogens with zero attached hydrogens (tertiary/aromatic N) is 2. The molecule has 2 aromatic rings. The third-order valence-corrected chi connectivity index (χ3v) is 6.72. The topological polar surface area (TPSA) is 69.7 Å². The summed E-state index contributed by atoms with van der Waals surface area (Å²) >= 11 is 0. The van der Waals surface area contributed by atoms with Gasteiger partial charge in [-0.2, -0.15) is 4.31 Å². The van der Waals surface area contributed by atoms with Gasteiger partial charge in [-0.25, -0.2) is 8.42 Å². The molecule has 0 aromatic heterocycles. The van der Waals surface area contributed by atoms with Gasteiger partial charge < -0.3 is 5.32 Å². The molecule has 6 nitrogen and oxygen atoms in total. The van der Waals surface area contributed by atoms with E-state index >= 15 is 0 Å². The first-order valence-corrected chi connectivity index (χ1v) is 11.2. The highest BCUT2D eigenvalue weighted by atomic mass is 32.2. The van der Waals surface area contributed by atoms with Crippen molar-refractivity contribution >= 4 is 21.6 Å². The molecule has 29 heavy (non-hydrogen) atoms. The largest absolute Gasteiger partial charge is 0.325 e. The molecule has 3 rings (SSSR count). The van der Waals surface area contributed by atoms with Gasteiger partial charge in [-0.3, -0.25) is 9.69 Å². The summed E-state index contributed by atoms with van der Waals surface area (Å²) in [5, 5.41) is 2.82. The maximum Gasteiger partial charge on any atom is 0.243 e. The minimum atomic E-state index is -3.51. The zero-order valence-electron chi connectivity index (χ0n) is 16.5. The minimum Gasteiger partial charge on any atom is -0.325 e. The Bertz CT molecular complexity index is 939. The van der Waals surface area contributed by atoms with Crippen LogP contribution in [0.4, 0.5) is 5.69 Å². The molecule has 1 amide bonds. The maximum absolute atomic E-state index is 12.7. The summed E-state index contributed by atoms with van der Waals surface area (Å²) in [5.41, 5.74) is 1.59. The maximum atomic E-state index is 12.7. The summed E-state index contributed by atoms with van der Waals surface area (Å²) in [7, 11) is -3.51. The summed E-state index contributed by atoms with van der Waals surface area (Å²) in [4.78, 5) is 14.7. The molecule has 1 aliphatic heterocycles. The first-order chi connectivity index (χ1) is 14.0. The summed E-state index contributed by atoms with van der Waals surface area (Å²) in [6.45, 7) is 6.25. The zero-order valence-corrected chi connectivity index (χ0v) is 17.3. The van der Waals surface area contributed by atoms with Gasteiger partial charge in [0.05, 0.1) is 11.4 Å². The molecule has 1 aliphatic rings. The van der Waals surface area contributed by atoms with Crippen molar-refractivity contribution in [1.82, 2.24) is 9.21 Å². The van der Waals surface area contributed by atoms with Crippen molar-refractivity contribution in [2.24, 2.45) is 0 Å². The summed E-state index contributed by atoms with van der Waals surface area (Å²) in [6.07, 6.45) is 3.53. The molecule has 0 atom stereocenters. The predicted octanol–water partition coefficient (Wildman–Crippen LogP) is 3.10. The Balaban J connectivity index is 1.65. The van der Waals surface area contributed by atoms with E-state index in [-0.39, 0.29) is 17.3 Å². The number of hydrogen-bond acceptors (Lipinski definition) is 4. The molecular formula is C22H27N3O3S. The van der Waals surface area contributed by atoms with E-state index in [9.17, 15) is 13.2 Å². The normalized spacial score (nSPS) is 14.8. The van der Waals surface area contributed by atoms with Crippen molar-refractivity contribution in [3.8, 4) is 0 Å². The molecule has 0 bridgehead atoms. The van der Waals surface area contributed by atoms with Crippen LogP contribution in [-0.2, 0) is 21.4 Å². The summed E-state index contributed by atoms with van der Waals surface area (Å²) in [5.74, 6) is -0.196. The van der Waals surface area contributed by atoms with Gasteiger partial charge in [0.2, 0.25) is 15.9 Å². The van der Waals surface area contributed by atoms with Gasteiger partial charge in [-0.05, 0) is 36.6 Å². The number of sulfonamides is 1. The standard InChI is InChI=1S/C22H27N3O3S/c1-2-13-24(17-19-9-4-3-5-10-19)18-22(26)23-20-11-8-12-21(16-20)29(27,28)25-14-6-7-15-25/h2-5,8-12,16H,1,6-7,13-15,17-18H2,(H,23,26). The fraction of sp³-hybridized carbons (Fsp3) is 0.318. The lowest BCUT2D eigenvalue weighted by Gasteiger charge is -2.20. The molecule has 0 aliphatic carbocycles. The molecule has 7 heteroatoms. The van der Waals surface area contributed by atoms with Crippen LogP contribution in [0.1, 0.15) is 18.4 Å². The van der Waals surface area contributed by atoms with Crippen molar-refractivity contribution in [3.63, 3.8) is 0 Å². The van der Waals surface area contributed by atoms with E-state index in [0.29, 0.717) is 31.9 Å². The van der Waals surface area contributed by atoms with Crippen molar-refractivity contribution in [2.45, 2.75) is 24.3 Å². The molecule has 154 valence electrons. The van der Waals surface area contributed by atoms with E-state index in [0.717, 1.165) is 18.4 Å². The van der Waals surface area contributed by atoms with Gasteiger partial charge in [0.15, 0.2) is 0 Å². The number of carbonyl (C=O) groups excluding carboxylic acids is 1. The van der Waals surface area contributed by atoms with E-state index in [1.54, 1.807) is 24.3 Å². The second-order valence-corrected chi connectivity index (χ2v) is 9.07. The van der Waals surface area contributed by atoms with Crippen molar-refractivity contribution in [1.29, 1.82) is 0 Å². The Kier molecular flexibility index (Phi) is 7.19. The van der Waals surface area contributed by atoms with Crippen molar-refractivity contribution in [2.75, 3.05) is 31.5 Å². The molecule has 1 saturated heterocycles. The summed E-state index contributed by atoms with van der Waals surface area (Å²) < 4.78 is 27.0. The molecule has 1 fully saturated rings. The highest BCUT2D eigenvalue weighted by Crippen LogP contribution is 2.23. The van der Waals surface area contributed by atoms with Crippen LogP contribution in [0.15, 0.2) is 72.1 Å². The van der Waals surface area contributed by atoms with Gasteiger partial charge in [0.1, 0.15) is 0 Å². The van der Waals surface area contributed by atoms with Crippen LogP contribution in [-0.4, -0.2) is 49.7 Å². The third kappa shape index (κ3) is 5.76. The average Bonchev–Trinajstić information content (AvgIpc) is 3.25. The van der Waals surface area contributed by atoms with E-state index in [1.807, 2.05) is 35.2 Å². The van der Waals surface area contributed by atoms with Gasteiger partial charge >= 0.3 is 0 Å². The number of rotatable bonds is 9. The molecule has 0 spiro atoms. The Morgan fingerprint density at radius 2 is 1.83 bits per heavy atom. The van der Waals surface area contributed by atoms with Crippen molar-refractivity contribution < 1.29 is 13.2 Å². The fourth-order valence-corrected chi connectivity index (χ4v) is 4.99. The first-order valence-electron chi connectivity index (χ1n) is 9.76. The number of amides is 1. The highest BCUT2D eigenvalue weighted by molar-refractivity contribution is 7.89. The van der Waals surface area contributed by atoms with Crippen LogP contribution < -0.4 is 5.32 Å². The SMILES string of the molecule is C=CCN(CC(=O)Nc1cccc(S(=O)(=O)N2CCCC2)c1)Cc1ccccc1. The van der Waals surface area contributed by atoms with Gasteiger partial charge in [-0.1, -0.05) is 42.5 Å². The molecule has 0 saturated carbocycles. The van der Waals surface area contributed by atoms with E-state index in [1.165, 1.54) is 10.4 Å². The number of hydrogen-bond donors (Lipinski definition) is 1. The smallest absolute Gasteiger partial charge is 0.243 e. The molecule has 0 radical (unpaired) electrons. The Morgan fingerprint density at radius 1 is 1.10 bits per heavy atom. The van der Waals surface area contributed by atoms with E-state index in [2.05, 4.69) is 11.9 Å². The van der Waals surface area contributed by atoms with Gasteiger partial charge in [0.25, 0.3) is 0 Å². The van der Waals surface area contributed by atoms with Crippen LogP contribution in [0.25, 0.3) is 0 Å². The first kappa shape index (κ1) is 21.2. The molecule has 2 aromatic carbocycles. The van der Waals surface area contributed by atoms with Crippen molar-refractivity contribution in [3.05, 3.63) is 72.8 Å². The number of nitrogens with one attached hydrogen (secondary N) is 1. The molecule has 1 heterocycles. The minimum absolute atomic E-state index is 0.185. The van der Waals surface area contributed by atoms with Crippen LogP contribution in [0, 0.1) is 0 Å². The van der Waals surface area contributed by atoms with E-state index in [4.69, 9.17) is 0 Å². The second-order valence-electron chi connectivity index (χ2n) is 7.13. The Hall–Kier alpha value is -2.48. The number of anilines is 1. The fourth-order valence-electron chi connectivity index (χ4n) is 3.42. The summed E-state index contributed by atoms with van der Waals surface area (Å²) in [6, 6.07) is 16.4. The average molecular weight is 414 g/mol. The van der Waals surface area contributed by atoms with Gasteiger partial charge in [-0.15, -0.1) is 6.58 Å². The number of benzene rings is 2. The molecular weight excluding hydrogens is 386 g/mol. The number of carbonyl (C=O) groups is 1. The second kappa shape index (κ2) is 9.82. The Labute approximate surface area is 172 Å². The lowest BCUT2D eigenvalue weighted by atomic mass is 10.2. The highest BCUT2D eigenvalue weighted by Gasteiger charge is 2.27. The zero-order chi connectivity index (χ0) is 20.7.